The summed E-state index contributed by atoms with van der Waals surface area (Å²) in [5.74, 6) is 1.34. The van der Waals surface area contributed by atoms with Gasteiger partial charge in [0.1, 0.15) is 0 Å². The lowest BCUT2D eigenvalue weighted by Crippen LogP contribution is -2.43. The van der Waals surface area contributed by atoms with Crippen LogP contribution in [0.4, 0.5) is 0 Å². The predicted octanol–water partition coefficient (Wildman–Crippen LogP) is 0.767. The summed E-state index contributed by atoms with van der Waals surface area (Å²) in [5, 5.41) is 6.28. The number of thioether (sulfide) groups is 1. The van der Waals surface area contributed by atoms with Crippen LogP contribution in [0.15, 0.2) is 0 Å². The summed E-state index contributed by atoms with van der Waals surface area (Å²) in [6.07, 6.45) is 3.01. The van der Waals surface area contributed by atoms with Crippen LogP contribution < -0.4 is 10.6 Å². The average Bonchev–Trinajstić information content (AvgIpc) is 2.76. The number of hydrogen-bond donors (Lipinski definition) is 2. The molecule has 1 amide bonds. The van der Waals surface area contributed by atoms with Crippen LogP contribution in [0.5, 0.6) is 0 Å². The van der Waals surface area contributed by atoms with Gasteiger partial charge in [-0.3, -0.25) is 4.79 Å². The molecule has 0 aromatic rings. The van der Waals surface area contributed by atoms with Gasteiger partial charge in [0.05, 0.1) is 19.1 Å². The van der Waals surface area contributed by atoms with Crippen LogP contribution in [0, 0.1) is 0 Å². The highest BCUT2D eigenvalue weighted by molar-refractivity contribution is 8.00. The number of carbonyl (C=O) groups excluding carboxylic acids is 1. The summed E-state index contributed by atoms with van der Waals surface area (Å²) in [6.45, 7) is 5.43. The molecule has 2 unspecified atom stereocenters. The van der Waals surface area contributed by atoms with E-state index in [9.17, 15) is 4.79 Å². The monoisotopic (exact) mass is 258 g/mol. The minimum atomic E-state index is 0.0489. The molecule has 0 saturated carbocycles. The fourth-order valence-electron chi connectivity index (χ4n) is 2.29. The maximum absolute atomic E-state index is 11.8. The molecule has 2 aliphatic rings. The molecule has 2 atom stereocenters. The number of morpholine rings is 1. The van der Waals surface area contributed by atoms with Gasteiger partial charge in [0.2, 0.25) is 5.91 Å². The Morgan fingerprint density at radius 2 is 2.53 bits per heavy atom. The zero-order chi connectivity index (χ0) is 12.1. The molecular weight excluding hydrogens is 236 g/mol. The first-order valence-corrected chi connectivity index (χ1v) is 7.39. The van der Waals surface area contributed by atoms with Crippen LogP contribution >= 0.6 is 11.8 Å². The van der Waals surface area contributed by atoms with Crippen molar-refractivity contribution >= 4 is 17.7 Å². The molecule has 2 N–H and O–H groups in total. The second-order valence-electron chi connectivity index (χ2n) is 5.08. The first kappa shape index (κ1) is 13.2. The van der Waals surface area contributed by atoms with E-state index in [0.717, 1.165) is 19.6 Å². The average molecular weight is 258 g/mol. The molecular formula is C12H22N2O2S. The molecule has 2 aliphatic heterocycles. The highest BCUT2D eigenvalue weighted by Crippen LogP contribution is 2.36. The summed E-state index contributed by atoms with van der Waals surface area (Å²) >= 11 is 1.97. The van der Waals surface area contributed by atoms with E-state index in [-0.39, 0.29) is 16.8 Å². The number of carbonyl (C=O) groups is 1. The normalized spacial score (nSPS) is 33.6. The van der Waals surface area contributed by atoms with Crippen LogP contribution in [0.1, 0.15) is 26.2 Å². The zero-order valence-corrected chi connectivity index (χ0v) is 11.3. The second kappa shape index (κ2) is 6.07. The Labute approximate surface area is 107 Å². The molecule has 0 aromatic heterocycles. The lowest BCUT2D eigenvalue weighted by atomic mass is 10.1. The smallest absolute Gasteiger partial charge is 0.222 e. The molecule has 0 spiro atoms. The molecule has 0 bridgehead atoms. The minimum absolute atomic E-state index is 0.0489. The number of rotatable bonds is 4. The first-order valence-electron chi connectivity index (χ1n) is 6.41. The van der Waals surface area contributed by atoms with Crippen molar-refractivity contribution in [2.24, 2.45) is 0 Å². The Bertz CT molecular complexity index is 261. The van der Waals surface area contributed by atoms with Gasteiger partial charge in [0, 0.05) is 24.4 Å². The minimum Gasteiger partial charge on any atom is -0.375 e. The molecule has 5 heteroatoms. The third-order valence-corrected chi connectivity index (χ3v) is 4.92. The maximum atomic E-state index is 11.8. The summed E-state index contributed by atoms with van der Waals surface area (Å²) in [7, 11) is 0. The van der Waals surface area contributed by atoms with E-state index in [1.54, 1.807) is 0 Å². The predicted molar refractivity (Wildman–Crippen MR) is 70.3 cm³/mol. The van der Waals surface area contributed by atoms with Crippen molar-refractivity contribution in [2.45, 2.75) is 37.0 Å². The third kappa shape index (κ3) is 4.16. The first-order chi connectivity index (χ1) is 8.18. The van der Waals surface area contributed by atoms with Crippen LogP contribution in [0.25, 0.3) is 0 Å². The van der Waals surface area contributed by atoms with Crippen LogP contribution in [0.2, 0.25) is 0 Å². The van der Waals surface area contributed by atoms with Crippen LogP contribution in [-0.4, -0.2) is 48.8 Å². The van der Waals surface area contributed by atoms with Crippen molar-refractivity contribution in [1.29, 1.82) is 0 Å². The van der Waals surface area contributed by atoms with Crippen molar-refractivity contribution in [3.05, 3.63) is 0 Å². The summed E-state index contributed by atoms with van der Waals surface area (Å²) in [5.41, 5.74) is 0. The van der Waals surface area contributed by atoms with Gasteiger partial charge in [-0.15, -0.1) is 0 Å². The van der Waals surface area contributed by atoms with E-state index < -0.39 is 0 Å². The van der Waals surface area contributed by atoms with E-state index in [0.29, 0.717) is 13.0 Å². The van der Waals surface area contributed by atoms with Crippen LogP contribution in [0.3, 0.4) is 0 Å². The van der Waals surface area contributed by atoms with Gasteiger partial charge in [-0.25, -0.2) is 0 Å². The lowest BCUT2D eigenvalue weighted by Gasteiger charge is -2.25. The van der Waals surface area contributed by atoms with E-state index >= 15 is 0 Å². The van der Waals surface area contributed by atoms with Gasteiger partial charge in [0.25, 0.3) is 0 Å². The van der Waals surface area contributed by atoms with Crippen molar-refractivity contribution < 1.29 is 9.53 Å². The van der Waals surface area contributed by atoms with E-state index in [2.05, 4.69) is 17.6 Å². The Balaban J connectivity index is 1.66. The van der Waals surface area contributed by atoms with Gasteiger partial charge >= 0.3 is 0 Å². The Kier molecular flexibility index (Phi) is 4.70. The number of ether oxygens (including phenoxy) is 1. The fraction of sp³-hybridized carbons (Fsp3) is 0.917. The summed E-state index contributed by atoms with van der Waals surface area (Å²) in [4.78, 5) is 11.8. The quantitative estimate of drug-likeness (QED) is 0.782. The topological polar surface area (TPSA) is 50.4 Å². The highest BCUT2D eigenvalue weighted by Gasteiger charge is 2.30. The molecule has 0 aliphatic carbocycles. The molecule has 98 valence electrons. The van der Waals surface area contributed by atoms with Gasteiger partial charge in [-0.2, -0.15) is 11.8 Å². The highest BCUT2D eigenvalue weighted by atomic mass is 32.2. The summed E-state index contributed by atoms with van der Waals surface area (Å²) in [6, 6.07) is 0. The zero-order valence-electron chi connectivity index (χ0n) is 10.5. The van der Waals surface area contributed by atoms with Gasteiger partial charge < -0.3 is 15.4 Å². The Morgan fingerprint density at radius 3 is 3.18 bits per heavy atom. The standard InChI is InChI=1S/C12H22N2O2S/c1-12(3-2-6-17-12)9-14-11(15)7-10-8-13-4-5-16-10/h10,13H,2-9H2,1H3,(H,14,15). The van der Waals surface area contributed by atoms with Crippen LogP contribution in [-0.2, 0) is 9.53 Å². The number of hydrogen-bond acceptors (Lipinski definition) is 4. The molecule has 2 saturated heterocycles. The van der Waals surface area contributed by atoms with Crippen molar-refractivity contribution in [3.8, 4) is 0 Å². The third-order valence-electron chi connectivity index (χ3n) is 3.38. The fourth-order valence-corrected chi connectivity index (χ4v) is 3.54. The molecule has 2 heterocycles. The van der Waals surface area contributed by atoms with Gasteiger partial charge in [-0.05, 0) is 25.5 Å². The molecule has 0 aromatic carbocycles. The molecule has 4 nitrogen and oxygen atoms in total. The van der Waals surface area contributed by atoms with E-state index in [1.807, 2.05) is 11.8 Å². The lowest BCUT2D eigenvalue weighted by molar-refractivity contribution is -0.124. The molecule has 17 heavy (non-hydrogen) atoms. The van der Waals surface area contributed by atoms with E-state index in [1.165, 1.54) is 18.6 Å². The van der Waals surface area contributed by atoms with Crippen molar-refractivity contribution in [3.63, 3.8) is 0 Å². The Morgan fingerprint density at radius 1 is 1.65 bits per heavy atom. The number of amides is 1. The van der Waals surface area contributed by atoms with E-state index in [4.69, 9.17) is 4.74 Å². The van der Waals surface area contributed by atoms with Gasteiger partial charge in [-0.1, -0.05) is 0 Å². The largest absolute Gasteiger partial charge is 0.375 e. The summed E-state index contributed by atoms with van der Waals surface area (Å²) < 4.78 is 5.77. The van der Waals surface area contributed by atoms with Gasteiger partial charge in [0.15, 0.2) is 0 Å². The maximum Gasteiger partial charge on any atom is 0.222 e. The SMILES string of the molecule is CC1(CNC(=O)CC2CNCCO2)CCCS1. The molecule has 2 rings (SSSR count). The molecule has 0 radical (unpaired) electrons. The Hall–Kier alpha value is -0.260. The van der Waals surface area contributed by atoms with Crippen molar-refractivity contribution in [1.82, 2.24) is 10.6 Å². The molecule has 2 fully saturated rings. The van der Waals surface area contributed by atoms with Crippen molar-refractivity contribution in [2.75, 3.05) is 32.0 Å². The second-order valence-corrected chi connectivity index (χ2v) is 6.76. The number of nitrogens with one attached hydrogen (secondary N) is 2.